The van der Waals surface area contributed by atoms with Crippen LogP contribution in [0.5, 0.6) is 0 Å². The van der Waals surface area contributed by atoms with Crippen LogP contribution in [0.25, 0.3) is 0 Å². The minimum atomic E-state index is -0.0972. The van der Waals surface area contributed by atoms with Gasteiger partial charge >= 0.3 is 0 Å². The second kappa shape index (κ2) is 5.68. The third-order valence-corrected chi connectivity index (χ3v) is 2.76. The molecule has 0 aliphatic rings. The Balaban J connectivity index is 2.86. The third kappa shape index (κ3) is 3.49. The van der Waals surface area contributed by atoms with Crippen molar-refractivity contribution in [1.82, 2.24) is 9.88 Å². The molecule has 0 saturated heterocycles. The second-order valence-corrected chi connectivity index (χ2v) is 5.78. The predicted molar refractivity (Wildman–Crippen MR) is 72.9 cm³/mol. The van der Waals surface area contributed by atoms with Crippen molar-refractivity contribution in [2.24, 2.45) is 0 Å². The quantitative estimate of drug-likeness (QED) is 0.887. The zero-order chi connectivity index (χ0) is 12.3. The summed E-state index contributed by atoms with van der Waals surface area (Å²) in [5.74, 6) is -0.0972. The Hall–Kier alpha value is -0.550. The van der Waals surface area contributed by atoms with Gasteiger partial charge in [-0.05, 0) is 35.8 Å². The van der Waals surface area contributed by atoms with Gasteiger partial charge < -0.3 is 9.88 Å². The molecule has 88 valence electrons. The number of hydrogen-bond donors (Lipinski definition) is 1. The van der Waals surface area contributed by atoms with E-state index in [1.807, 2.05) is 30.7 Å². The third-order valence-electron chi connectivity index (χ3n) is 2.04. The van der Waals surface area contributed by atoms with E-state index in [0.29, 0.717) is 12.2 Å². The zero-order valence-electron chi connectivity index (χ0n) is 9.26. The van der Waals surface area contributed by atoms with Crippen LogP contribution in [-0.2, 0) is 0 Å². The summed E-state index contributed by atoms with van der Waals surface area (Å²) < 4.78 is 3.59. The van der Waals surface area contributed by atoms with E-state index in [1.54, 1.807) is 0 Å². The molecule has 0 aliphatic carbocycles. The van der Waals surface area contributed by atoms with Gasteiger partial charge in [0.25, 0.3) is 5.91 Å². The van der Waals surface area contributed by atoms with E-state index in [4.69, 9.17) is 0 Å². The Morgan fingerprint density at radius 1 is 1.62 bits per heavy atom. The maximum Gasteiger partial charge on any atom is 0.268 e. The van der Waals surface area contributed by atoms with Crippen LogP contribution in [0.3, 0.4) is 0 Å². The number of halogens is 2. The molecule has 0 aromatic carbocycles. The molecule has 0 bridgehead atoms. The first-order valence-corrected chi connectivity index (χ1v) is 6.49. The van der Waals surface area contributed by atoms with Gasteiger partial charge in [0.15, 0.2) is 0 Å². The Morgan fingerprint density at radius 3 is 2.75 bits per heavy atom. The van der Waals surface area contributed by atoms with Gasteiger partial charge in [-0.1, -0.05) is 22.5 Å². The van der Waals surface area contributed by atoms with E-state index in [0.717, 1.165) is 8.96 Å². The molecule has 0 fully saturated rings. The van der Waals surface area contributed by atoms with Crippen LogP contribution < -0.4 is 5.32 Å². The molecule has 1 aromatic rings. The predicted octanol–water partition coefficient (Wildman–Crippen LogP) is 3.47. The Labute approximate surface area is 112 Å². The Kier molecular flexibility index (Phi) is 4.80. The molecule has 3 nitrogen and oxygen atoms in total. The minimum Gasteiger partial charge on any atom is -0.346 e. The van der Waals surface area contributed by atoms with E-state index >= 15 is 0 Å². The molecule has 1 amide bonds. The minimum absolute atomic E-state index is 0.0972. The van der Waals surface area contributed by atoms with Crippen LogP contribution in [-0.4, -0.2) is 17.0 Å². The lowest BCUT2D eigenvalue weighted by Gasteiger charge is -2.12. The number of aromatic nitrogens is 1. The number of nitrogens with zero attached hydrogens (tertiary/aromatic N) is 1. The summed E-state index contributed by atoms with van der Waals surface area (Å²) in [6.07, 6.45) is 1.91. The van der Waals surface area contributed by atoms with E-state index in [-0.39, 0.29) is 11.9 Å². The first-order chi connectivity index (χ1) is 7.41. The number of carbonyl (C=O) groups excluding carboxylic acids is 1. The molecule has 16 heavy (non-hydrogen) atoms. The van der Waals surface area contributed by atoms with Gasteiger partial charge in [0.2, 0.25) is 0 Å². The lowest BCUT2D eigenvalue weighted by Crippen LogP contribution is -2.27. The second-order valence-electron chi connectivity index (χ2n) is 3.74. The highest BCUT2D eigenvalue weighted by Crippen LogP contribution is 2.19. The van der Waals surface area contributed by atoms with Crippen molar-refractivity contribution >= 4 is 37.8 Å². The van der Waals surface area contributed by atoms with E-state index < -0.39 is 0 Å². The largest absolute Gasteiger partial charge is 0.346 e. The standard InChI is InChI=1S/C11H14Br2N2O/c1-7(2)15-6-9(13)4-10(15)11(16)14-5-8(3)12/h4,6-7H,3,5H2,1-2H3,(H,14,16). The van der Waals surface area contributed by atoms with E-state index in [1.165, 1.54) is 0 Å². The van der Waals surface area contributed by atoms with E-state index in [9.17, 15) is 4.79 Å². The van der Waals surface area contributed by atoms with Crippen LogP contribution in [0, 0.1) is 0 Å². The molecule has 1 N–H and O–H groups in total. The van der Waals surface area contributed by atoms with Crippen molar-refractivity contribution in [3.63, 3.8) is 0 Å². The SMILES string of the molecule is C=C(Br)CNC(=O)c1cc(Br)cn1C(C)C. The summed E-state index contributed by atoms with van der Waals surface area (Å²) >= 11 is 6.57. The molecule has 1 rings (SSSR count). The fraction of sp³-hybridized carbons (Fsp3) is 0.364. The van der Waals surface area contributed by atoms with Gasteiger partial charge in [-0.2, -0.15) is 0 Å². The van der Waals surface area contributed by atoms with Crippen molar-refractivity contribution in [1.29, 1.82) is 0 Å². The first-order valence-electron chi connectivity index (χ1n) is 4.90. The highest BCUT2D eigenvalue weighted by atomic mass is 79.9. The van der Waals surface area contributed by atoms with Gasteiger partial charge in [-0.3, -0.25) is 4.79 Å². The van der Waals surface area contributed by atoms with Crippen LogP contribution >= 0.6 is 31.9 Å². The summed E-state index contributed by atoms with van der Waals surface area (Å²) in [4.78, 5) is 11.9. The molecular formula is C11H14Br2N2O. The highest BCUT2D eigenvalue weighted by Gasteiger charge is 2.14. The van der Waals surface area contributed by atoms with Crippen molar-refractivity contribution in [2.45, 2.75) is 19.9 Å². The molecule has 0 unspecified atom stereocenters. The summed E-state index contributed by atoms with van der Waals surface area (Å²) in [5.41, 5.74) is 0.649. The smallest absolute Gasteiger partial charge is 0.268 e. The average Bonchev–Trinajstić information content (AvgIpc) is 2.56. The average molecular weight is 350 g/mol. The topological polar surface area (TPSA) is 34.0 Å². The normalized spacial score (nSPS) is 10.6. The summed E-state index contributed by atoms with van der Waals surface area (Å²) in [5, 5.41) is 2.78. The van der Waals surface area contributed by atoms with Crippen molar-refractivity contribution < 1.29 is 4.79 Å². The van der Waals surface area contributed by atoms with Gasteiger partial charge in [0.05, 0.1) is 0 Å². The van der Waals surface area contributed by atoms with Gasteiger partial charge in [-0.15, -0.1) is 0 Å². The van der Waals surface area contributed by atoms with E-state index in [2.05, 4.69) is 43.8 Å². The highest BCUT2D eigenvalue weighted by molar-refractivity contribution is 9.11. The molecule has 0 radical (unpaired) electrons. The van der Waals surface area contributed by atoms with Crippen molar-refractivity contribution in [3.05, 3.63) is 33.5 Å². The summed E-state index contributed by atoms with van der Waals surface area (Å²) in [6, 6.07) is 2.06. The number of carbonyl (C=O) groups is 1. The molecular weight excluding hydrogens is 336 g/mol. The van der Waals surface area contributed by atoms with Gasteiger partial charge in [0, 0.05) is 27.7 Å². The van der Waals surface area contributed by atoms with Gasteiger partial charge in [0.1, 0.15) is 5.69 Å². The molecule has 0 atom stereocenters. The molecule has 0 saturated carbocycles. The molecule has 1 aromatic heterocycles. The summed E-state index contributed by atoms with van der Waals surface area (Å²) in [7, 11) is 0. The van der Waals surface area contributed by atoms with Crippen molar-refractivity contribution in [3.8, 4) is 0 Å². The zero-order valence-corrected chi connectivity index (χ0v) is 12.4. The Bertz CT molecular complexity index is 410. The summed E-state index contributed by atoms with van der Waals surface area (Å²) in [6.45, 7) is 8.17. The van der Waals surface area contributed by atoms with Gasteiger partial charge in [-0.25, -0.2) is 0 Å². The Morgan fingerprint density at radius 2 is 2.25 bits per heavy atom. The van der Waals surface area contributed by atoms with Crippen LogP contribution in [0.4, 0.5) is 0 Å². The first kappa shape index (κ1) is 13.5. The lowest BCUT2D eigenvalue weighted by atomic mass is 10.3. The number of rotatable bonds is 4. The molecule has 1 heterocycles. The number of hydrogen-bond acceptors (Lipinski definition) is 1. The van der Waals surface area contributed by atoms with Crippen LogP contribution in [0.1, 0.15) is 30.4 Å². The number of nitrogens with one attached hydrogen (secondary N) is 1. The van der Waals surface area contributed by atoms with Crippen molar-refractivity contribution in [2.75, 3.05) is 6.54 Å². The maximum atomic E-state index is 11.9. The molecule has 5 heteroatoms. The number of amides is 1. The molecule has 0 spiro atoms. The lowest BCUT2D eigenvalue weighted by molar-refractivity contribution is 0.0947. The molecule has 0 aliphatic heterocycles. The van der Waals surface area contributed by atoms with Crippen LogP contribution in [0.15, 0.2) is 27.8 Å². The van der Waals surface area contributed by atoms with Crippen LogP contribution in [0.2, 0.25) is 0 Å². The fourth-order valence-corrected chi connectivity index (χ4v) is 1.90. The monoisotopic (exact) mass is 348 g/mol. The fourth-order valence-electron chi connectivity index (χ4n) is 1.32. The maximum absolute atomic E-state index is 11.9.